The summed E-state index contributed by atoms with van der Waals surface area (Å²) in [6, 6.07) is 7.79. The molecule has 2 heterocycles. The SMILES string of the molecule is COC(=O)c1cnc(NC(=O)Cc2c[nH]c3ccccc23)s1. The molecule has 1 amide bonds. The molecule has 22 heavy (non-hydrogen) atoms. The van der Waals surface area contributed by atoms with Gasteiger partial charge in [0.15, 0.2) is 5.13 Å². The van der Waals surface area contributed by atoms with Crippen molar-refractivity contribution in [3.8, 4) is 0 Å². The standard InChI is InChI=1S/C15H13N3O3S/c1-21-14(20)12-8-17-15(22-12)18-13(19)6-9-7-16-11-5-3-2-4-10(9)11/h2-5,7-8,16H,6H2,1H3,(H,17,18,19). The molecular formula is C15H13N3O3S. The van der Waals surface area contributed by atoms with Crippen LogP contribution in [0.25, 0.3) is 10.9 Å². The molecule has 0 fully saturated rings. The topological polar surface area (TPSA) is 84.1 Å². The molecular weight excluding hydrogens is 302 g/mol. The zero-order valence-corrected chi connectivity index (χ0v) is 12.6. The second kappa shape index (κ2) is 5.98. The minimum absolute atomic E-state index is 0.185. The van der Waals surface area contributed by atoms with Crippen molar-refractivity contribution in [1.29, 1.82) is 0 Å². The number of hydrogen-bond donors (Lipinski definition) is 2. The molecule has 3 rings (SSSR count). The van der Waals surface area contributed by atoms with E-state index in [1.54, 1.807) is 0 Å². The van der Waals surface area contributed by atoms with E-state index in [1.807, 2.05) is 30.5 Å². The van der Waals surface area contributed by atoms with E-state index in [2.05, 4.69) is 20.0 Å². The van der Waals surface area contributed by atoms with Crippen molar-refractivity contribution in [3.05, 3.63) is 47.1 Å². The monoisotopic (exact) mass is 315 g/mol. The number of H-pyrrole nitrogens is 1. The Kier molecular flexibility index (Phi) is 3.88. The fraction of sp³-hybridized carbons (Fsp3) is 0.133. The van der Waals surface area contributed by atoms with Crippen molar-refractivity contribution in [2.75, 3.05) is 12.4 Å². The highest BCUT2D eigenvalue weighted by Gasteiger charge is 2.13. The summed E-state index contributed by atoms with van der Waals surface area (Å²) < 4.78 is 4.60. The summed E-state index contributed by atoms with van der Waals surface area (Å²) in [6.07, 6.45) is 3.45. The molecule has 0 radical (unpaired) electrons. The van der Waals surface area contributed by atoms with Crippen LogP contribution in [-0.4, -0.2) is 29.0 Å². The molecule has 0 unspecified atom stereocenters. The normalized spacial score (nSPS) is 10.6. The molecule has 0 bridgehead atoms. The first kappa shape index (κ1) is 14.3. The van der Waals surface area contributed by atoms with Crippen molar-refractivity contribution in [1.82, 2.24) is 9.97 Å². The number of carbonyl (C=O) groups excluding carboxylic acids is 2. The van der Waals surface area contributed by atoms with E-state index in [9.17, 15) is 9.59 Å². The van der Waals surface area contributed by atoms with Crippen LogP contribution in [0.2, 0.25) is 0 Å². The van der Waals surface area contributed by atoms with Crippen LogP contribution in [0, 0.1) is 0 Å². The second-order valence-electron chi connectivity index (χ2n) is 4.61. The van der Waals surface area contributed by atoms with E-state index in [4.69, 9.17) is 0 Å². The number of benzene rings is 1. The summed E-state index contributed by atoms with van der Waals surface area (Å²) in [6.45, 7) is 0. The number of esters is 1. The Morgan fingerprint density at radius 3 is 3.00 bits per heavy atom. The Labute approximate surface area is 130 Å². The van der Waals surface area contributed by atoms with E-state index in [0.717, 1.165) is 27.8 Å². The molecule has 1 aromatic carbocycles. The maximum absolute atomic E-state index is 12.1. The highest BCUT2D eigenvalue weighted by atomic mass is 32.1. The number of rotatable bonds is 4. The van der Waals surface area contributed by atoms with Crippen molar-refractivity contribution in [3.63, 3.8) is 0 Å². The highest BCUT2D eigenvalue weighted by Crippen LogP contribution is 2.21. The number of thiazole rings is 1. The first-order chi connectivity index (χ1) is 10.7. The van der Waals surface area contributed by atoms with Crippen molar-refractivity contribution in [2.45, 2.75) is 6.42 Å². The van der Waals surface area contributed by atoms with Crippen molar-refractivity contribution < 1.29 is 14.3 Å². The van der Waals surface area contributed by atoms with Gasteiger partial charge in [0.25, 0.3) is 0 Å². The average Bonchev–Trinajstić information content (AvgIpc) is 3.14. The molecule has 0 aliphatic heterocycles. The molecule has 112 valence electrons. The minimum atomic E-state index is -0.463. The van der Waals surface area contributed by atoms with Gasteiger partial charge in [0, 0.05) is 17.1 Å². The number of nitrogens with one attached hydrogen (secondary N) is 2. The van der Waals surface area contributed by atoms with Gasteiger partial charge in [-0.05, 0) is 11.6 Å². The second-order valence-corrected chi connectivity index (χ2v) is 5.64. The van der Waals surface area contributed by atoms with Gasteiger partial charge in [-0.15, -0.1) is 0 Å². The molecule has 2 N–H and O–H groups in total. The predicted molar refractivity (Wildman–Crippen MR) is 84.1 cm³/mol. The van der Waals surface area contributed by atoms with Crippen LogP contribution in [0.5, 0.6) is 0 Å². The molecule has 0 spiro atoms. The molecule has 0 aliphatic carbocycles. The van der Waals surface area contributed by atoms with E-state index in [-0.39, 0.29) is 12.3 Å². The number of ether oxygens (including phenoxy) is 1. The van der Waals surface area contributed by atoms with Crippen LogP contribution in [0.1, 0.15) is 15.2 Å². The van der Waals surface area contributed by atoms with Gasteiger partial charge in [-0.2, -0.15) is 0 Å². The Morgan fingerprint density at radius 2 is 2.18 bits per heavy atom. The number of para-hydroxylation sites is 1. The summed E-state index contributed by atoms with van der Waals surface area (Å²) in [5.41, 5.74) is 1.91. The third-order valence-electron chi connectivity index (χ3n) is 3.16. The molecule has 2 aromatic heterocycles. The molecule has 7 heteroatoms. The van der Waals surface area contributed by atoms with Crippen LogP contribution in [-0.2, 0) is 16.0 Å². The molecule has 0 atom stereocenters. The van der Waals surface area contributed by atoms with Crippen LogP contribution in [0.15, 0.2) is 36.7 Å². The summed E-state index contributed by atoms with van der Waals surface area (Å²) in [5, 5.41) is 4.09. The average molecular weight is 315 g/mol. The number of aromatic amines is 1. The summed E-state index contributed by atoms with van der Waals surface area (Å²) in [4.78, 5) is 30.9. The van der Waals surface area contributed by atoms with Crippen LogP contribution >= 0.6 is 11.3 Å². The summed E-state index contributed by atoms with van der Waals surface area (Å²) in [7, 11) is 1.30. The Morgan fingerprint density at radius 1 is 1.36 bits per heavy atom. The Hall–Kier alpha value is -2.67. The first-order valence-corrected chi connectivity index (χ1v) is 7.38. The largest absolute Gasteiger partial charge is 0.465 e. The van der Waals surface area contributed by atoms with Crippen LogP contribution in [0.3, 0.4) is 0 Å². The lowest BCUT2D eigenvalue weighted by Gasteiger charge is -2.00. The van der Waals surface area contributed by atoms with E-state index in [1.165, 1.54) is 13.3 Å². The molecule has 6 nitrogen and oxygen atoms in total. The fourth-order valence-corrected chi connectivity index (χ4v) is 2.89. The van der Waals surface area contributed by atoms with Crippen molar-refractivity contribution >= 4 is 39.2 Å². The highest BCUT2D eigenvalue weighted by molar-refractivity contribution is 7.17. The molecule has 0 saturated carbocycles. The fourth-order valence-electron chi connectivity index (χ4n) is 2.14. The number of methoxy groups -OCH3 is 1. The maximum Gasteiger partial charge on any atom is 0.349 e. The van der Waals surface area contributed by atoms with Gasteiger partial charge in [-0.3, -0.25) is 4.79 Å². The smallest absolute Gasteiger partial charge is 0.349 e. The van der Waals surface area contributed by atoms with Crippen LogP contribution < -0.4 is 5.32 Å². The van der Waals surface area contributed by atoms with Gasteiger partial charge in [0.2, 0.25) is 5.91 Å². The number of amides is 1. The lowest BCUT2D eigenvalue weighted by Crippen LogP contribution is -2.13. The quantitative estimate of drug-likeness (QED) is 0.725. The van der Waals surface area contributed by atoms with Crippen LogP contribution in [0.4, 0.5) is 5.13 Å². The van der Waals surface area contributed by atoms with E-state index in [0.29, 0.717) is 10.0 Å². The summed E-state index contributed by atoms with van der Waals surface area (Å²) >= 11 is 1.08. The van der Waals surface area contributed by atoms with Gasteiger partial charge >= 0.3 is 5.97 Å². The summed E-state index contributed by atoms with van der Waals surface area (Å²) in [5.74, 6) is -0.648. The zero-order valence-electron chi connectivity index (χ0n) is 11.8. The van der Waals surface area contributed by atoms with Gasteiger partial charge in [-0.1, -0.05) is 29.5 Å². The lowest BCUT2D eigenvalue weighted by atomic mass is 10.1. The Balaban J connectivity index is 1.70. The Bertz CT molecular complexity index is 837. The number of nitrogens with zero attached hydrogens (tertiary/aromatic N) is 1. The van der Waals surface area contributed by atoms with Gasteiger partial charge in [0.05, 0.1) is 19.7 Å². The van der Waals surface area contributed by atoms with E-state index < -0.39 is 5.97 Å². The number of hydrogen-bond acceptors (Lipinski definition) is 5. The molecule has 3 aromatic rings. The number of fused-ring (bicyclic) bond motifs is 1. The zero-order chi connectivity index (χ0) is 15.5. The van der Waals surface area contributed by atoms with E-state index >= 15 is 0 Å². The molecule has 0 aliphatic rings. The first-order valence-electron chi connectivity index (χ1n) is 6.56. The third-order valence-corrected chi connectivity index (χ3v) is 4.06. The predicted octanol–water partition coefficient (Wildman–Crippen LogP) is 2.59. The minimum Gasteiger partial charge on any atom is -0.465 e. The number of carbonyl (C=O) groups is 2. The number of aromatic nitrogens is 2. The van der Waals surface area contributed by atoms with Crippen molar-refractivity contribution in [2.24, 2.45) is 0 Å². The maximum atomic E-state index is 12.1. The van der Waals surface area contributed by atoms with Gasteiger partial charge in [0.1, 0.15) is 4.88 Å². The lowest BCUT2D eigenvalue weighted by molar-refractivity contribution is -0.115. The number of anilines is 1. The van der Waals surface area contributed by atoms with Gasteiger partial charge in [-0.25, -0.2) is 9.78 Å². The molecule has 0 saturated heterocycles. The van der Waals surface area contributed by atoms with Gasteiger partial charge < -0.3 is 15.0 Å². The third kappa shape index (κ3) is 2.84.